The van der Waals surface area contributed by atoms with Gasteiger partial charge >= 0.3 is 19.8 Å². The molecule has 0 bridgehead atoms. The van der Waals surface area contributed by atoms with E-state index in [9.17, 15) is 19.0 Å². The van der Waals surface area contributed by atoms with E-state index in [2.05, 4.69) is 62.5 Å². The number of carbonyl (C=O) groups is 2. The van der Waals surface area contributed by atoms with E-state index in [1.165, 1.54) is 89.9 Å². The first-order valence-electron chi connectivity index (χ1n) is 22.1. The Hall–Kier alpha value is -2.03. The summed E-state index contributed by atoms with van der Waals surface area (Å²) in [5.41, 5.74) is 5.35. The molecule has 0 aliphatic heterocycles. The Kier molecular flexibility index (Phi) is 40.1. The van der Waals surface area contributed by atoms with Gasteiger partial charge in [0.05, 0.1) is 13.2 Å². The molecule has 0 aromatic heterocycles. The number of esters is 2. The SMILES string of the molecule is CCC=CCC=CCC=CCC=CCCCCCCC(=O)OC[C@H](COP(=O)(O)OCCN)OC(=O)CCCCCCCCCCCCCCCCCCC. The Morgan fingerprint density at radius 2 is 1.00 bits per heavy atom. The van der Waals surface area contributed by atoms with Crippen LogP contribution in [0.1, 0.15) is 194 Å². The monoisotopic (exact) mass is 796 g/mol. The summed E-state index contributed by atoms with van der Waals surface area (Å²) in [7, 11) is -4.38. The van der Waals surface area contributed by atoms with Crippen molar-refractivity contribution >= 4 is 19.8 Å². The van der Waals surface area contributed by atoms with Crippen molar-refractivity contribution in [2.75, 3.05) is 26.4 Å². The molecule has 55 heavy (non-hydrogen) atoms. The first-order chi connectivity index (χ1) is 26.8. The van der Waals surface area contributed by atoms with Gasteiger partial charge in [0.15, 0.2) is 6.10 Å². The molecule has 0 heterocycles. The smallest absolute Gasteiger partial charge is 0.462 e. The topological polar surface area (TPSA) is 134 Å². The molecule has 10 heteroatoms. The standard InChI is InChI=1S/C45H82NO8P/c1-3-5-7-9-11-13-15-17-19-21-23-25-27-29-31-33-35-37-44(47)51-41-43(42-53-55(49,50)52-40-39-46)54-45(48)38-36-34-32-30-28-26-24-22-20-18-16-14-12-10-8-6-4-2/h5,7,11,13,17,19,23,25,43H,3-4,6,8-10,12,14-16,18,20-22,24,26-42,46H2,1-2H3,(H,49,50)/t43-/m1/s1. The van der Waals surface area contributed by atoms with E-state index in [1.54, 1.807) is 0 Å². The van der Waals surface area contributed by atoms with Gasteiger partial charge in [0, 0.05) is 19.4 Å². The average molecular weight is 796 g/mol. The quantitative estimate of drug-likeness (QED) is 0.0268. The predicted molar refractivity (Wildman–Crippen MR) is 229 cm³/mol. The number of hydrogen-bond acceptors (Lipinski definition) is 8. The molecule has 3 N–H and O–H groups in total. The average Bonchev–Trinajstić information content (AvgIpc) is 3.17. The van der Waals surface area contributed by atoms with Crippen molar-refractivity contribution in [1.29, 1.82) is 0 Å². The van der Waals surface area contributed by atoms with E-state index in [-0.39, 0.29) is 32.6 Å². The highest BCUT2D eigenvalue weighted by molar-refractivity contribution is 7.47. The molecule has 0 rings (SSSR count). The fourth-order valence-electron chi connectivity index (χ4n) is 5.98. The van der Waals surface area contributed by atoms with Crippen molar-refractivity contribution in [1.82, 2.24) is 0 Å². The fourth-order valence-corrected chi connectivity index (χ4v) is 6.74. The minimum atomic E-state index is -4.38. The van der Waals surface area contributed by atoms with Crippen LogP contribution in [-0.4, -0.2) is 49.3 Å². The van der Waals surface area contributed by atoms with Crippen LogP contribution in [0.2, 0.25) is 0 Å². The third-order valence-corrected chi connectivity index (χ3v) is 10.2. The van der Waals surface area contributed by atoms with Crippen molar-refractivity contribution in [3.63, 3.8) is 0 Å². The van der Waals surface area contributed by atoms with E-state index in [0.717, 1.165) is 64.2 Å². The van der Waals surface area contributed by atoms with Crippen molar-refractivity contribution in [2.24, 2.45) is 5.73 Å². The molecule has 0 aromatic rings. The lowest BCUT2D eigenvalue weighted by molar-refractivity contribution is -0.161. The Morgan fingerprint density at radius 1 is 0.564 bits per heavy atom. The zero-order valence-electron chi connectivity index (χ0n) is 35.2. The van der Waals surface area contributed by atoms with Crippen LogP contribution in [0.4, 0.5) is 0 Å². The van der Waals surface area contributed by atoms with E-state index in [0.29, 0.717) is 12.8 Å². The van der Waals surface area contributed by atoms with Crippen LogP contribution in [0.25, 0.3) is 0 Å². The summed E-state index contributed by atoms with van der Waals surface area (Å²) in [6.45, 7) is 3.60. The number of phosphoric acid groups is 1. The normalized spacial score (nSPS) is 13.7. The molecule has 0 aromatic carbocycles. The molecule has 0 amide bonds. The second-order valence-corrected chi connectivity index (χ2v) is 16.0. The minimum absolute atomic E-state index is 0.0493. The second-order valence-electron chi connectivity index (χ2n) is 14.5. The molecule has 1 unspecified atom stereocenters. The summed E-state index contributed by atoms with van der Waals surface area (Å²) >= 11 is 0. The van der Waals surface area contributed by atoms with Gasteiger partial charge in [-0.3, -0.25) is 18.6 Å². The summed E-state index contributed by atoms with van der Waals surface area (Å²) in [5.74, 6) is -0.853. The van der Waals surface area contributed by atoms with E-state index in [4.69, 9.17) is 24.3 Å². The van der Waals surface area contributed by atoms with Crippen LogP contribution < -0.4 is 5.73 Å². The number of rotatable bonds is 41. The van der Waals surface area contributed by atoms with Gasteiger partial charge in [-0.2, -0.15) is 0 Å². The first-order valence-corrected chi connectivity index (χ1v) is 23.6. The second kappa shape index (κ2) is 41.6. The van der Waals surface area contributed by atoms with Gasteiger partial charge in [-0.25, -0.2) is 4.57 Å². The highest BCUT2D eigenvalue weighted by Gasteiger charge is 2.26. The molecule has 0 radical (unpaired) electrons. The molecule has 0 fully saturated rings. The Labute approximate surface area is 336 Å². The van der Waals surface area contributed by atoms with Gasteiger partial charge in [-0.05, 0) is 51.4 Å². The van der Waals surface area contributed by atoms with Crippen molar-refractivity contribution in [2.45, 2.75) is 200 Å². The zero-order chi connectivity index (χ0) is 40.3. The molecule has 0 spiro atoms. The van der Waals surface area contributed by atoms with Crippen LogP contribution >= 0.6 is 7.82 Å². The van der Waals surface area contributed by atoms with Crippen LogP contribution in [0.5, 0.6) is 0 Å². The maximum Gasteiger partial charge on any atom is 0.472 e. The minimum Gasteiger partial charge on any atom is -0.462 e. The lowest BCUT2D eigenvalue weighted by Crippen LogP contribution is -2.29. The number of ether oxygens (including phenoxy) is 2. The number of phosphoric ester groups is 1. The van der Waals surface area contributed by atoms with Gasteiger partial charge < -0.3 is 20.1 Å². The van der Waals surface area contributed by atoms with E-state index in [1.807, 2.05) is 0 Å². The molecule has 320 valence electrons. The van der Waals surface area contributed by atoms with E-state index < -0.39 is 32.5 Å². The molecule has 0 aliphatic carbocycles. The lowest BCUT2D eigenvalue weighted by Gasteiger charge is -2.19. The molecule has 0 saturated heterocycles. The maximum atomic E-state index is 12.6. The largest absolute Gasteiger partial charge is 0.472 e. The highest BCUT2D eigenvalue weighted by Crippen LogP contribution is 2.43. The van der Waals surface area contributed by atoms with Crippen LogP contribution in [-0.2, 0) is 32.7 Å². The number of unbranched alkanes of at least 4 members (excludes halogenated alkanes) is 20. The Morgan fingerprint density at radius 3 is 1.49 bits per heavy atom. The summed E-state index contributed by atoms with van der Waals surface area (Å²) in [5, 5.41) is 0. The molecular weight excluding hydrogens is 713 g/mol. The molecular formula is C45H82NO8P. The van der Waals surface area contributed by atoms with Gasteiger partial charge in [0.25, 0.3) is 0 Å². The molecule has 2 atom stereocenters. The van der Waals surface area contributed by atoms with Gasteiger partial charge in [0.2, 0.25) is 0 Å². The first kappa shape index (κ1) is 53.0. The van der Waals surface area contributed by atoms with Gasteiger partial charge in [-0.1, -0.05) is 178 Å². The number of hydrogen-bond donors (Lipinski definition) is 2. The van der Waals surface area contributed by atoms with E-state index >= 15 is 0 Å². The highest BCUT2D eigenvalue weighted by atomic mass is 31.2. The number of allylic oxidation sites excluding steroid dienone is 8. The fraction of sp³-hybridized carbons (Fsp3) is 0.778. The Bertz CT molecular complexity index is 1040. The Balaban J connectivity index is 4.17. The summed E-state index contributed by atoms with van der Waals surface area (Å²) < 4.78 is 32.8. The van der Waals surface area contributed by atoms with Crippen LogP contribution in [0.3, 0.4) is 0 Å². The molecule has 0 aliphatic rings. The number of carbonyl (C=O) groups excluding carboxylic acids is 2. The summed E-state index contributed by atoms with van der Waals surface area (Å²) in [6.07, 6.45) is 47.1. The van der Waals surface area contributed by atoms with Crippen LogP contribution in [0.15, 0.2) is 48.6 Å². The van der Waals surface area contributed by atoms with Crippen molar-refractivity contribution in [3.8, 4) is 0 Å². The maximum absolute atomic E-state index is 12.6. The lowest BCUT2D eigenvalue weighted by atomic mass is 10.0. The summed E-state index contributed by atoms with van der Waals surface area (Å²) in [4.78, 5) is 34.9. The van der Waals surface area contributed by atoms with Gasteiger partial charge in [-0.15, -0.1) is 0 Å². The zero-order valence-corrected chi connectivity index (χ0v) is 36.0. The van der Waals surface area contributed by atoms with Crippen molar-refractivity contribution < 1.29 is 37.6 Å². The third-order valence-electron chi connectivity index (χ3n) is 9.23. The van der Waals surface area contributed by atoms with Gasteiger partial charge in [0.1, 0.15) is 6.61 Å². The van der Waals surface area contributed by atoms with Crippen molar-refractivity contribution in [3.05, 3.63) is 48.6 Å². The number of nitrogens with two attached hydrogens (primary N) is 1. The van der Waals surface area contributed by atoms with Crippen LogP contribution in [0, 0.1) is 0 Å². The summed E-state index contributed by atoms with van der Waals surface area (Å²) in [6, 6.07) is 0. The molecule has 0 saturated carbocycles. The molecule has 9 nitrogen and oxygen atoms in total. The third kappa shape index (κ3) is 41.4. The predicted octanol–water partition coefficient (Wildman–Crippen LogP) is 12.7.